The minimum Gasteiger partial charge on any atom is -0.466 e. The molecule has 0 aromatic heterocycles. The molecule has 0 bridgehead atoms. The SMILES string of the molecule is COC(=O)C1(C(=O)OC)OC(c2ccccc2)C2C(=O)N(c3ccc(Cl)c(Cl)c3)C(=O)C21. The number of halogens is 2. The van der Waals surface area contributed by atoms with Crippen LogP contribution in [0.1, 0.15) is 11.7 Å². The molecule has 0 saturated carbocycles. The minimum absolute atomic E-state index is 0.130. The van der Waals surface area contributed by atoms with Gasteiger partial charge in [-0.1, -0.05) is 53.5 Å². The molecule has 2 saturated heterocycles. The van der Waals surface area contributed by atoms with E-state index >= 15 is 0 Å². The fraction of sp³-hybridized carbons (Fsp3) is 0.273. The van der Waals surface area contributed by atoms with Gasteiger partial charge >= 0.3 is 11.9 Å². The van der Waals surface area contributed by atoms with Gasteiger partial charge in [0.1, 0.15) is 5.92 Å². The van der Waals surface area contributed by atoms with E-state index in [1.807, 2.05) is 0 Å². The zero-order valence-corrected chi connectivity index (χ0v) is 18.4. The molecule has 2 aliphatic heterocycles. The van der Waals surface area contributed by atoms with Crippen molar-refractivity contribution < 1.29 is 33.4 Å². The van der Waals surface area contributed by atoms with Crippen LogP contribution >= 0.6 is 23.2 Å². The van der Waals surface area contributed by atoms with Crippen molar-refractivity contribution in [3.63, 3.8) is 0 Å². The average Bonchev–Trinajstić information content (AvgIpc) is 3.30. The molecule has 2 amide bonds. The first-order valence-electron chi connectivity index (χ1n) is 9.50. The number of imide groups is 1. The highest BCUT2D eigenvalue weighted by Crippen LogP contribution is 2.54. The van der Waals surface area contributed by atoms with Crippen molar-refractivity contribution in [1.82, 2.24) is 0 Å². The van der Waals surface area contributed by atoms with Gasteiger partial charge < -0.3 is 14.2 Å². The van der Waals surface area contributed by atoms with E-state index in [2.05, 4.69) is 0 Å². The Morgan fingerprint density at radius 2 is 1.56 bits per heavy atom. The summed E-state index contributed by atoms with van der Waals surface area (Å²) in [5, 5.41) is 0.364. The van der Waals surface area contributed by atoms with E-state index in [1.165, 1.54) is 18.2 Å². The maximum atomic E-state index is 13.6. The summed E-state index contributed by atoms with van der Waals surface area (Å²) in [7, 11) is 2.11. The van der Waals surface area contributed by atoms with Crippen LogP contribution in [0.5, 0.6) is 0 Å². The van der Waals surface area contributed by atoms with E-state index in [-0.39, 0.29) is 15.7 Å². The van der Waals surface area contributed by atoms with Gasteiger partial charge in [-0.3, -0.25) is 9.59 Å². The third-order valence-corrected chi connectivity index (χ3v) is 6.43. The van der Waals surface area contributed by atoms with Crippen LogP contribution < -0.4 is 4.90 Å². The minimum atomic E-state index is -2.45. The topological polar surface area (TPSA) is 99.2 Å². The van der Waals surface area contributed by atoms with E-state index in [9.17, 15) is 19.2 Å². The third-order valence-electron chi connectivity index (χ3n) is 5.69. The molecule has 3 atom stereocenters. The predicted octanol–water partition coefficient (Wildman–Crippen LogP) is 2.96. The number of esters is 2. The second-order valence-electron chi connectivity index (χ2n) is 7.28. The highest BCUT2D eigenvalue weighted by Gasteiger charge is 2.74. The molecule has 2 fully saturated rings. The summed E-state index contributed by atoms with van der Waals surface area (Å²) >= 11 is 12.0. The van der Waals surface area contributed by atoms with Crippen molar-refractivity contribution in [2.45, 2.75) is 11.7 Å². The lowest BCUT2D eigenvalue weighted by Crippen LogP contribution is -2.56. The first kappa shape index (κ1) is 22.3. The number of ether oxygens (including phenoxy) is 3. The number of carbonyl (C=O) groups is 4. The van der Waals surface area contributed by atoms with Crippen molar-refractivity contribution in [3.05, 3.63) is 64.1 Å². The normalized spacial score (nSPS) is 23.8. The van der Waals surface area contributed by atoms with Gasteiger partial charge in [-0.15, -0.1) is 0 Å². The Hall–Kier alpha value is -2.94. The van der Waals surface area contributed by atoms with Gasteiger partial charge in [-0.25, -0.2) is 14.5 Å². The number of nitrogens with zero attached hydrogens (tertiary/aromatic N) is 1. The van der Waals surface area contributed by atoms with Crippen molar-refractivity contribution in [2.75, 3.05) is 19.1 Å². The second kappa shape index (κ2) is 8.20. The number of anilines is 1. The fourth-order valence-electron chi connectivity index (χ4n) is 4.30. The Labute approximate surface area is 192 Å². The quantitative estimate of drug-likeness (QED) is 0.379. The molecule has 0 aliphatic carbocycles. The molecule has 3 unspecified atom stereocenters. The van der Waals surface area contributed by atoms with Gasteiger partial charge in [0, 0.05) is 0 Å². The average molecular weight is 478 g/mol. The molecule has 4 rings (SSSR count). The standard InChI is InChI=1S/C22H17Cl2NO7/c1-30-20(28)22(21(29)31-2)16-15(17(32-22)11-6-4-3-5-7-11)18(26)25(19(16)27)12-8-9-13(23)14(24)10-12/h3-10,15-17H,1-2H3. The summed E-state index contributed by atoms with van der Waals surface area (Å²) in [6.07, 6.45) is -1.08. The largest absolute Gasteiger partial charge is 0.466 e. The lowest BCUT2D eigenvalue weighted by atomic mass is 9.79. The number of methoxy groups -OCH3 is 2. The molecule has 10 heteroatoms. The molecule has 2 aliphatic rings. The molecule has 0 radical (unpaired) electrons. The highest BCUT2D eigenvalue weighted by molar-refractivity contribution is 6.42. The molecule has 8 nitrogen and oxygen atoms in total. The summed E-state index contributed by atoms with van der Waals surface area (Å²) < 4.78 is 15.6. The maximum Gasteiger partial charge on any atom is 0.350 e. The summed E-state index contributed by atoms with van der Waals surface area (Å²) in [6.45, 7) is 0. The van der Waals surface area contributed by atoms with E-state index in [1.54, 1.807) is 30.3 Å². The summed E-state index contributed by atoms with van der Waals surface area (Å²) in [5.74, 6) is -6.41. The van der Waals surface area contributed by atoms with E-state index in [4.69, 9.17) is 37.4 Å². The maximum absolute atomic E-state index is 13.6. The second-order valence-corrected chi connectivity index (χ2v) is 8.10. The van der Waals surface area contributed by atoms with Crippen LogP contribution in [0.4, 0.5) is 5.69 Å². The van der Waals surface area contributed by atoms with E-state index in [0.717, 1.165) is 19.1 Å². The van der Waals surface area contributed by atoms with E-state index in [0.29, 0.717) is 5.56 Å². The Kier molecular flexibility index (Phi) is 5.70. The molecule has 0 spiro atoms. The molecular formula is C22H17Cl2NO7. The Balaban J connectivity index is 1.91. The number of hydrogen-bond acceptors (Lipinski definition) is 7. The van der Waals surface area contributed by atoms with Gasteiger partial charge in [0.15, 0.2) is 0 Å². The van der Waals surface area contributed by atoms with Crippen LogP contribution in [0.25, 0.3) is 0 Å². The summed E-state index contributed by atoms with van der Waals surface area (Å²) in [6, 6.07) is 12.8. The van der Waals surface area contributed by atoms with E-state index < -0.39 is 47.3 Å². The first-order chi connectivity index (χ1) is 15.3. The Morgan fingerprint density at radius 3 is 2.12 bits per heavy atom. The van der Waals surface area contributed by atoms with Crippen molar-refractivity contribution in [3.8, 4) is 0 Å². The van der Waals surface area contributed by atoms with Crippen LogP contribution in [-0.4, -0.2) is 43.6 Å². The van der Waals surface area contributed by atoms with Gasteiger partial charge in [-0.2, -0.15) is 0 Å². The monoisotopic (exact) mass is 477 g/mol. The van der Waals surface area contributed by atoms with Crippen LogP contribution in [0.2, 0.25) is 10.0 Å². The van der Waals surface area contributed by atoms with Crippen LogP contribution in [-0.2, 0) is 33.4 Å². The number of hydrogen-bond donors (Lipinski definition) is 0. The summed E-state index contributed by atoms with van der Waals surface area (Å²) in [5.41, 5.74) is -1.79. The van der Waals surface area contributed by atoms with Gasteiger partial charge in [0.05, 0.1) is 42.0 Å². The Bertz CT molecular complexity index is 1100. The molecule has 2 heterocycles. The highest BCUT2D eigenvalue weighted by atomic mass is 35.5. The van der Waals surface area contributed by atoms with Crippen LogP contribution in [0.15, 0.2) is 48.5 Å². The lowest BCUT2D eigenvalue weighted by Gasteiger charge is -2.28. The Morgan fingerprint density at radius 1 is 0.938 bits per heavy atom. The number of amides is 2. The van der Waals surface area contributed by atoms with Crippen LogP contribution in [0.3, 0.4) is 0 Å². The summed E-state index contributed by atoms with van der Waals surface area (Å²) in [4.78, 5) is 53.7. The zero-order valence-electron chi connectivity index (χ0n) is 16.9. The number of rotatable bonds is 4. The smallest absolute Gasteiger partial charge is 0.350 e. The zero-order chi connectivity index (χ0) is 23.2. The predicted molar refractivity (Wildman–Crippen MR) is 113 cm³/mol. The van der Waals surface area contributed by atoms with Gasteiger partial charge in [-0.05, 0) is 23.8 Å². The molecule has 2 aromatic carbocycles. The molecule has 2 aromatic rings. The van der Waals surface area contributed by atoms with Gasteiger partial charge in [0.25, 0.3) is 5.60 Å². The number of carbonyl (C=O) groups excluding carboxylic acids is 4. The molecule has 166 valence electrons. The van der Waals surface area contributed by atoms with Gasteiger partial charge in [0.2, 0.25) is 11.8 Å². The fourth-order valence-corrected chi connectivity index (χ4v) is 4.60. The molecular weight excluding hydrogens is 461 g/mol. The first-order valence-corrected chi connectivity index (χ1v) is 10.3. The van der Waals surface area contributed by atoms with Crippen molar-refractivity contribution >= 4 is 52.6 Å². The third kappa shape index (κ3) is 3.09. The lowest BCUT2D eigenvalue weighted by molar-refractivity contribution is -0.191. The molecule has 32 heavy (non-hydrogen) atoms. The van der Waals surface area contributed by atoms with Crippen LogP contribution in [0, 0.1) is 11.8 Å². The van der Waals surface area contributed by atoms with Crippen molar-refractivity contribution in [1.29, 1.82) is 0 Å². The number of benzene rings is 2. The number of fused-ring (bicyclic) bond motifs is 1. The molecule has 0 N–H and O–H groups in total. The van der Waals surface area contributed by atoms with Crippen molar-refractivity contribution in [2.24, 2.45) is 11.8 Å².